The monoisotopic (exact) mass is 341 g/mol. The SMILES string of the molecule is Cc1ccccc1NC(=O)[C@@H]1CCCN1C(=O)Nc1ccc(F)cc1. The Morgan fingerprint density at radius 1 is 1.08 bits per heavy atom. The molecule has 2 aromatic rings. The van der Waals surface area contributed by atoms with Crippen molar-refractivity contribution in [3.8, 4) is 0 Å². The molecule has 0 spiro atoms. The van der Waals surface area contributed by atoms with Gasteiger partial charge >= 0.3 is 6.03 Å². The fourth-order valence-corrected chi connectivity index (χ4v) is 2.94. The Morgan fingerprint density at radius 3 is 2.52 bits per heavy atom. The van der Waals surface area contributed by atoms with Gasteiger partial charge in [0.25, 0.3) is 0 Å². The van der Waals surface area contributed by atoms with E-state index in [2.05, 4.69) is 10.6 Å². The van der Waals surface area contributed by atoms with Crippen LogP contribution in [0.1, 0.15) is 18.4 Å². The standard InChI is InChI=1S/C19H20FN3O2/c1-13-5-2-3-6-16(13)22-18(24)17-7-4-12-23(17)19(25)21-15-10-8-14(20)9-11-15/h2-3,5-6,8-11,17H,4,7,12H2,1H3,(H,21,25)(H,22,24)/t17-/m0/s1. The summed E-state index contributed by atoms with van der Waals surface area (Å²) in [4.78, 5) is 26.6. The van der Waals surface area contributed by atoms with E-state index in [-0.39, 0.29) is 17.8 Å². The second-order valence-electron chi connectivity index (χ2n) is 6.09. The number of likely N-dealkylation sites (tertiary alicyclic amines) is 1. The number of carbonyl (C=O) groups is 2. The zero-order valence-electron chi connectivity index (χ0n) is 14.0. The number of amides is 3. The molecule has 3 amide bonds. The number of hydrogen-bond acceptors (Lipinski definition) is 2. The van der Waals surface area contributed by atoms with Crippen molar-refractivity contribution in [3.05, 3.63) is 59.9 Å². The quantitative estimate of drug-likeness (QED) is 0.893. The number of para-hydroxylation sites is 1. The maximum absolute atomic E-state index is 13.0. The summed E-state index contributed by atoms with van der Waals surface area (Å²) in [6, 6.07) is 12.2. The van der Waals surface area contributed by atoms with Crippen molar-refractivity contribution >= 4 is 23.3 Å². The topological polar surface area (TPSA) is 61.4 Å². The van der Waals surface area contributed by atoms with Gasteiger partial charge in [0.15, 0.2) is 0 Å². The third-order valence-electron chi connectivity index (χ3n) is 4.31. The van der Waals surface area contributed by atoms with Crippen molar-refractivity contribution in [1.82, 2.24) is 4.90 Å². The molecule has 5 nitrogen and oxygen atoms in total. The van der Waals surface area contributed by atoms with Crippen LogP contribution in [0.3, 0.4) is 0 Å². The molecular weight excluding hydrogens is 321 g/mol. The van der Waals surface area contributed by atoms with Crippen LogP contribution in [0, 0.1) is 12.7 Å². The Labute approximate surface area is 145 Å². The first-order valence-electron chi connectivity index (χ1n) is 8.24. The average molecular weight is 341 g/mol. The summed E-state index contributed by atoms with van der Waals surface area (Å²) in [5.74, 6) is -0.560. The van der Waals surface area contributed by atoms with E-state index in [1.54, 1.807) is 0 Å². The second kappa shape index (κ2) is 7.34. The van der Waals surface area contributed by atoms with E-state index >= 15 is 0 Å². The van der Waals surface area contributed by atoms with Crippen molar-refractivity contribution in [2.45, 2.75) is 25.8 Å². The largest absolute Gasteiger partial charge is 0.324 e. The lowest BCUT2D eigenvalue weighted by molar-refractivity contribution is -0.119. The van der Waals surface area contributed by atoms with Crippen LogP contribution in [-0.4, -0.2) is 29.4 Å². The molecular formula is C19H20FN3O2. The maximum Gasteiger partial charge on any atom is 0.322 e. The lowest BCUT2D eigenvalue weighted by atomic mass is 10.1. The van der Waals surface area contributed by atoms with Crippen molar-refractivity contribution in [2.24, 2.45) is 0 Å². The van der Waals surface area contributed by atoms with Gasteiger partial charge in [-0.1, -0.05) is 18.2 Å². The number of urea groups is 1. The molecule has 0 bridgehead atoms. The number of rotatable bonds is 3. The minimum absolute atomic E-state index is 0.193. The minimum Gasteiger partial charge on any atom is -0.324 e. The predicted octanol–water partition coefficient (Wildman–Crippen LogP) is 3.77. The molecule has 2 aromatic carbocycles. The van der Waals surface area contributed by atoms with Gasteiger partial charge in [-0.15, -0.1) is 0 Å². The highest BCUT2D eigenvalue weighted by molar-refractivity contribution is 5.99. The lowest BCUT2D eigenvalue weighted by Crippen LogP contribution is -2.45. The predicted molar refractivity (Wildman–Crippen MR) is 95.0 cm³/mol. The van der Waals surface area contributed by atoms with E-state index in [9.17, 15) is 14.0 Å². The molecule has 1 fully saturated rings. The number of aryl methyl sites for hydroxylation is 1. The fourth-order valence-electron chi connectivity index (χ4n) is 2.94. The van der Waals surface area contributed by atoms with Gasteiger partial charge in [0.2, 0.25) is 5.91 Å². The molecule has 1 atom stereocenters. The number of hydrogen-bond donors (Lipinski definition) is 2. The highest BCUT2D eigenvalue weighted by Crippen LogP contribution is 2.22. The smallest absolute Gasteiger partial charge is 0.322 e. The first-order valence-corrected chi connectivity index (χ1v) is 8.24. The molecule has 2 N–H and O–H groups in total. The van der Waals surface area contributed by atoms with Crippen LogP contribution >= 0.6 is 0 Å². The Hall–Kier alpha value is -2.89. The molecule has 0 aliphatic carbocycles. The molecule has 1 heterocycles. The first-order chi connectivity index (χ1) is 12.0. The summed E-state index contributed by atoms with van der Waals surface area (Å²) in [6.07, 6.45) is 1.39. The summed E-state index contributed by atoms with van der Waals surface area (Å²) in [5, 5.41) is 5.61. The summed E-state index contributed by atoms with van der Waals surface area (Å²) < 4.78 is 13.0. The lowest BCUT2D eigenvalue weighted by Gasteiger charge is -2.24. The zero-order valence-corrected chi connectivity index (χ0v) is 14.0. The Kier molecular flexibility index (Phi) is 4.97. The molecule has 6 heteroatoms. The van der Waals surface area contributed by atoms with Crippen LogP contribution in [-0.2, 0) is 4.79 Å². The molecule has 3 rings (SSSR count). The second-order valence-corrected chi connectivity index (χ2v) is 6.09. The highest BCUT2D eigenvalue weighted by Gasteiger charge is 2.34. The van der Waals surface area contributed by atoms with Gasteiger partial charge in [-0.25, -0.2) is 9.18 Å². The van der Waals surface area contributed by atoms with Crippen molar-refractivity contribution < 1.29 is 14.0 Å². The minimum atomic E-state index is -0.514. The molecule has 1 aliphatic rings. The average Bonchev–Trinajstić information content (AvgIpc) is 3.09. The molecule has 0 aromatic heterocycles. The van der Waals surface area contributed by atoms with Crippen LogP contribution in [0.2, 0.25) is 0 Å². The number of benzene rings is 2. The van der Waals surface area contributed by atoms with Crippen molar-refractivity contribution in [1.29, 1.82) is 0 Å². The van der Waals surface area contributed by atoms with E-state index in [0.717, 1.165) is 17.7 Å². The molecule has 130 valence electrons. The van der Waals surface area contributed by atoms with Gasteiger partial charge in [-0.05, 0) is 55.7 Å². The van der Waals surface area contributed by atoms with Gasteiger partial charge in [-0.2, -0.15) is 0 Å². The van der Waals surface area contributed by atoms with Crippen molar-refractivity contribution in [3.63, 3.8) is 0 Å². The van der Waals surface area contributed by atoms with E-state index in [0.29, 0.717) is 18.7 Å². The molecule has 1 saturated heterocycles. The normalized spacial score (nSPS) is 16.6. The Bertz CT molecular complexity index is 776. The molecule has 0 unspecified atom stereocenters. The first kappa shape index (κ1) is 17.0. The van der Waals surface area contributed by atoms with E-state index in [4.69, 9.17) is 0 Å². The van der Waals surface area contributed by atoms with Crippen molar-refractivity contribution in [2.75, 3.05) is 17.2 Å². The maximum atomic E-state index is 13.0. The van der Waals surface area contributed by atoms with Crippen LogP contribution < -0.4 is 10.6 Å². The van der Waals surface area contributed by atoms with Gasteiger partial charge in [-0.3, -0.25) is 4.79 Å². The highest BCUT2D eigenvalue weighted by atomic mass is 19.1. The summed E-state index contributed by atoms with van der Waals surface area (Å²) in [6.45, 7) is 2.43. The third kappa shape index (κ3) is 3.96. The number of nitrogens with zero attached hydrogens (tertiary/aromatic N) is 1. The molecule has 0 radical (unpaired) electrons. The summed E-state index contributed by atoms with van der Waals surface area (Å²) in [5.41, 5.74) is 2.21. The summed E-state index contributed by atoms with van der Waals surface area (Å²) >= 11 is 0. The van der Waals surface area contributed by atoms with Gasteiger partial charge in [0.05, 0.1) is 0 Å². The van der Waals surface area contributed by atoms with Gasteiger partial charge in [0, 0.05) is 17.9 Å². The van der Waals surface area contributed by atoms with Crippen LogP contribution in [0.4, 0.5) is 20.6 Å². The van der Waals surface area contributed by atoms with E-state index < -0.39 is 6.04 Å². The van der Waals surface area contributed by atoms with Crippen LogP contribution in [0.15, 0.2) is 48.5 Å². The third-order valence-corrected chi connectivity index (χ3v) is 4.31. The number of nitrogens with one attached hydrogen (secondary N) is 2. The number of anilines is 2. The fraction of sp³-hybridized carbons (Fsp3) is 0.263. The molecule has 0 saturated carbocycles. The van der Waals surface area contributed by atoms with E-state index in [1.807, 2.05) is 31.2 Å². The van der Waals surface area contributed by atoms with Gasteiger partial charge in [0.1, 0.15) is 11.9 Å². The number of carbonyl (C=O) groups excluding carboxylic acids is 2. The number of halogens is 1. The van der Waals surface area contributed by atoms with Gasteiger partial charge < -0.3 is 15.5 Å². The van der Waals surface area contributed by atoms with Crippen LogP contribution in [0.5, 0.6) is 0 Å². The van der Waals surface area contributed by atoms with E-state index in [1.165, 1.54) is 29.2 Å². The molecule has 1 aliphatic heterocycles. The Morgan fingerprint density at radius 2 is 1.80 bits per heavy atom. The molecule has 25 heavy (non-hydrogen) atoms. The van der Waals surface area contributed by atoms with Crippen LogP contribution in [0.25, 0.3) is 0 Å². The zero-order chi connectivity index (χ0) is 17.8. The summed E-state index contributed by atoms with van der Waals surface area (Å²) in [7, 11) is 0. The Balaban J connectivity index is 1.67.